The number of rotatable bonds is 6. The van der Waals surface area contributed by atoms with Crippen LogP contribution in [-0.4, -0.2) is 24.6 Å². The van der Waals surface area contributed by atoms with Crippen LogP contribution in [0.25, 0.3) is 0 Å². The molecule has 80 valence electrons. The van der Waals surface area contributed by atoms with Crippen molar-refractivity contribution >= 4 is 11.3 Å². The van der Waals surface area contributed by atoms with Gasteiger partial charge in [-0.25, -0.2) is 4.98 Å². The second-order valence-corrected chi connectivity index (χ2v) is 4.72. The van der Waals surface area contributed by atoms with Crippen LogP contribution >= 0.6 is 11.3 Å². The van der Waals surface area contributed by atoms with Crippen molar-refractivity contribution in [2.75, 3.05) is 19.6 Å². The van der Waals surface area contributed by atoms with E-state index in [2.05, 4.69) is 22.6 Å². The Labute approximate surface area is 89.7 Å². The molecule has 0 aliphatic carbocycles. The number of nitrogens with zero attached hydrogens (tertiary/aromatic N) is 1. The Balaban J connectivity index is 2.10. The molecule has 1 aromatic heterocycles. The molecule has 1 rings (SSSR count). The fourth-order valence-corrected chi connectivity index (χ4v) is 1.82. The van der Waals surface area contributed by atoms with E-state index in [1.54, 1.807) is 11.3 Å². The molecule has 0 amide bonds. The van der Waals surface area contributed by atoms with Gasteiger partial charge in [0, 0.05) is 18.3 Å². The lowest BCUT2D eigenvalue weighted by molar-refractivity contribution is 0.523. The molecule has 0 aliphatic rings. The second kappa shape index (κ2) is 6.11. The highest BCUT2D eigenvalue weighted by molar-refractivity contribution is 7.09. The van der Waals surface area contributed by atoms with E-state index < -0.39 is 0 Å². The molecule has 1 atom stereocenters. The third-order valence-corrected chi connectivity index (χ3v) is 2.94. The van der Waals surface area contributed by atoms with Gasteiger partial charge in [0.2, 0.25) is 0 Å². The molecule has 0 aliphatic heterocycles. The van der Waals surface area contributed by atoms with Gasteiger partial charge in [0.25, 0.3) is 0 Å². The molecule has 0 saturated carbocycles. The average molecular weight is 213 g/mol. The van der Waals surface area contributed by atoms with Crippen molar-refractivity contribution in [2.45, 2.75) is 20.3 Å². The molecule has 0 saturated heterocycles. The quantitative estimate of drug-likeness (QED) is 0.698. The number of nitrogens with two attached hydrogens (primary N) is 1. The van der Waals surface area contributed by atoms with Gasteiger partial charge in [0.1, 0.15) is 0 Å². The summed E-state index contributed by atoms with van der Waals surface area (Å²) in [5.74, 6) is 0.562. The van der Waals surface area contributed by atoms with Crippen molar-refractivity contribution in [3.05, 3.63) is 16.1 Å². The van der Waals surface area contributed by atoms with Crippen LogP contribution in [0.15, 0.2) is 5.38 Å². The highest BCUT2D eigenvalue weighted by Crippen LogP contribution is 2.07. The van der Waals surface area contributed by atoms with Crippen molar-refractivity contribution < 1.29 is 0 Å². The Morgan fingerprint density at radius 2 is 2.43 bits per heavy atom. The molecule has 4 heteroatoms. The zero-order valence-electron chi connectivity index (χ0n) is 8.92. The summed E-state index contributed by atoms with van der Waals surface area (Å²) in [6, 6.07) is 0. The van der Waals surface area contributed by atoms with Crippen molar-refractivity contribution in [3.63, 3.8) is 0 Å². The maximum atomic E-state index is 5.52. The lowest BCUT2D eigenvalue weighted by atomic mass is 10.2. The molecule has 1 aromatic rings. The Morgan fingerprint density at radius 1 is 1.64 bits per heavy atom. The van der Waals surface area contributed by atoms with Crippen molar-refractivity contribution in [1.82, 2.24) is 10.3 Å². The van der Waals surface area contributed by atoms with Gasteiger partial charge in [0.15, 0.2) is 0 Å². The summed E-state index contributed by atoms with van der Waals surface area (Å²) in [5.41, 5.74) is 6.71. The number of thiazole rings is 1. The summed E-state index contributed by atoms with van der Waals surface area (Å²) in [6.45, 7) is 6.94. The van der Waals surface area contributed by atoms with E-state index in [-0.39, 0.29) is 0 Å². The lowest BCUT2D eigenvalue weighted by Gasteiger charge is -2.08. The number of aromatic nitrogens is 1. The van der Waals surface area contributed by atoms with Crippen LogP contribution < -0.4 is 11.1 Å². The van der Waals surface area contributed by atoms with Gasteiger partial charge in [-0.15, -0.1) is 11.3 Å². The minimum absolute atomic E-state index is 0.562. The molecule has 3 N–H and O–H groups in total. The maximum absolute atomic E-state index is 5.52. The van der Waals surface area contributed by atoms with Crippen LogP contribution in [0.5, 0.6) is 0 Å². The topological polar surface area (TPSA) is 50.9 Å². The van der Waals surface area contributed by atoms with E-state index in [1.807, 2.05) is 6.92 Å². The molecular formula is C10H19N3S. The summed E-state index contributed by atoms with van der Waals surface area (Å²) in [4.78, 5) is 4.40. The third kappa shape index (κ3) is 4.17. The van der Waals surface area contributed by atoms with E-state index in [9.17, 15) is 0 Å². The van der Waals surface area contributed by atoms with Gasteiger partial charge in [-0.3, -0.25) is 0 Å². The van der Waals surface area contributed by atoms with Gasteiger partial charge in [-0.05, 0) is 25.9 Å². The van der Waals surface area contributed by atoms with Crippen molar-refractivity contribution in [3.8, 4) is 0 Å². The molecule has 0 fully saturated rings. The first kappa shape index (κ1) is 11.6. The lowest BCUT2D eigenvalue weighted by Crippen LogP contribution is -2.27. The zero-order valence-corrected chi connectivity index (χ0v) is 9.73. The van der Waals surface area contributed by atoms with Crippen LogP contribution in [0.1, 0.15) is 17.6 Å². The summed E-state index contributed by atoms with van der Waals surface area (Å²) in [6.07, 6.45) is 1.02. The predicted molar refractivity (Wildman–Crippen MR) is 61.6 cm³/mol. The summed E-state index contributed by atoms with van der Waals surface area (Å²) in [7, 11) is 0. The van der Waals surface area contributed by atoms with Gasteiger partial charge in [-0.1, -0.05) is 6.92 Å². The van der Waals surface area contributed by atoms with Gasteiger partial charge in [0.05, 0.1) is 10.7 Å². The molecule has 1 unspecified atom stereocenters. The largest absolute Gasteiger partial charge is 0.330 e. The third-order valence-electron chi connectivity index (χ3n) is 2.12. The fourth-order valence-electron chi connectivity index (χ4n) is 1.17. The number of hydrogen-bond acceptors (Lipinski definition) is 4. The van der Waals surface area contributed by atoms with Crippen LogP contribution in [0.2, 0.25) is 0 Å². The Hall–Kier alpha value is -0.450. The van der Waals surface area contributed by atoms with Crippen LogP contribution in [0, 0.1) is 12.8 Å². The molecule has 0 aromatic carbocycles. The SMILES string of the molecule is Cc1nc(CCNCC(C)CN)cs1. The molecular weight excluding hydrogens is 194 g/mol. The highest BCUT2D eigenvalue weighted by Gasteiger charge is 1.99. The van der Waals surface area contributed by atoms with Crippen LogP contribution in [-0.2, 0) is 6.42 Å². The van der Waals surface area contributed by atoms with E-state index in [1.165, 1.54) is 5.69 Å². The zero-order chi connectivity index (χ0) is 10.4. The van der Waals surface area contributed by atoms with Crippen molar-refractivity contribution in [1.29, 1.82) is 0 Å². The number of nitrogens with one attached hydrogen (secondary N) is 1. The molecule has 14 heavy (non-hydrogen) atoms. The first-order valence-electron chi connectivity index (χ1n) is 5.04. The van der Waals surface area contributed by atoms with E-state index in [0.717, 1.165) is 31.1 Å². The highest BCUT2D eigenvalue weighted by atomic mass is 32.1. The summed E-state index contributed by atoms with van der Waals surface area (Å²) < 4.78 is 0. The minimum atomic E-state index is 0.562. The first-order valence-corrected chi connectivity index (χ1v) is 5.92. The van der Waals surface area contributed by atoms with Gasteiger partial charge < -0.3 is 11.1 Å². The fraction of sp³-hybridized carbons (Fsp3) is 0.700. The Morgan fingerprint density at radius 3 is 3.00 bits per heavy atom. The predicted octanol–water partition coefficient (Wildman–Crippen LogP) is 1.18. The standard InChI is InChI=1S/C10H19N3S/c1-8(5-11)6-12-4-3-10-7-14-9(2)13-10/h7-8,12H,3-6,11H2,1-2H3. The second-order valence-electron chi connectivity index (χ2n) is 3.65. The van der Waals surface area contributed by atoms with E-state index in [4.69, 9.17) is 5.73 Å². The molecule has 0 spiro atoms. The molecule has 1 heterocycles. The Kier molecular flexibility index (Phi) is 5.07. The number of aryl methyl sites for hydroxylation is 1. The average Bonchev–Trinajstić information content (AvgIpc) is 2.58. The van der Waals surface area contributed by atoms with Gasteiger partial charge in [-0.2, -0.15) is 0 Å². The molecule has 0 radical (unpaired) electrons. The monoisotopic (exact) mass is 213 g/mol. The normalized spacial score (nSPS) is 13.1. The summed E-state index contributed by atoms with van der Waals surface area (Å²) in [5, 5.41) is 6.66. The maximum Gasteiger partial charge on any atom is 0.0897 e. The van der Waals surface area contributed by atoms with Crippen LogP contribution in [0.3, 0.4) is 0 Å². The smallest absolute Gasteiger partial charge is 0.0897 e. The van der Waals surface area contributed by atoms with E-state index in [0.29, 0.717) is 5.92 Å². The van der Waals surface area contributed by atoms with E-state index >= 15 is 0 Å². The Bertz CT molecular complexity index is 260. The molecule has 3 nitrogen and oxygen atoms in total. The van der Waals surface area contributed by atoms with Gasteiger partial charge >= 0.3 is 0 Å². The van der Waals surface area contributed by atoms with Crippen LogP contribution in [0.4, 0.5) is 0 Å². The minimum Gasteiger partial charge on any atom is -0.330 e. The number of hydrogen-bond donors (Lipinski definition) is 2. The first-order chi connectivity index (χ1) is 6.72. The molecule has 0 bridgehead atoms. The summed E-state index contributed by atoms with van der Waals surface area (Å²) >= 11 is 1.71. The van der Waals surface area contributed by atoms with Crippen molar-refractivity contribution in [2.24, 2.45) is 11.7 Å².